The van der Waals surface area contributed by atoms with Crippen molar-refractivity contribution in [2.45, 2.75) is 54.9 Å². The Morgan fingerprint density at radius 1 is 1.04 bits per heavy atom. The normalized spacial score (nSPS) is 19.2. The van der Waals surface area contributed by atoms with Gasteiger partial charge in [0.25, 0.3) is 0 Å². The molecule has 2 unspecified atom stereocenters. The molecule has 5 heteroatoms. The predicted octanol–water partition coefficient (Wildman–Crippen LogP) is 6.09. The van der Waals surface area contributed by atoms with Gasteiger partial charge in [-0.1, -0.05) is 31.0 Å². The Morgan fingerprint density at radius 2 is 1.68 bits per heavy atom. The van der Waals surface area contributed by atoms with Gasteiger partial charge in [-0.2, -0.15) is 0 Å². The van der Waals surface area contributed by atoms with Crippen LogP contribution in [-0.2, 0) is 4.79 Å². The maximum Gasteiger partial charge on any atom is 0.234 e. The zero-order valence-electron chi connectivity index (χ0n) is 16.9. The highest BCUT2D eigenvalue weighted by Crippen LogP contribution is 2.39. The van der Waals surface area contributed by atoms with Gasteiger partial charge in [0, 0.05) is 21.1 Å². The van der Waals surface area contributed by atoms with Gasteiger partial charge in [0.2, 0.25) is 5.91 Å². The van der Waals surface area contributed by atoms with Gasteiger partial charge in [-0.05, 0) is 62.1 Å². The number of ether oxygens (including phenoxy) is 1. The fourth-order valence-corrected chi connectivity index (χ4v) is 6.33. The van der Waals surface area contributed by atoms with Crippen molar-refractivity contribution >= 4 is 35.1 Å². The summed E-state index contributed by atoms with van der Waals surface area (Å²) in [6.07, 6.45) is 4.94. The second-order valence-electron chi connectivity index (χ2n) is 7.28. The number of hydrogen-bond acceptors (Lipinski definition) is 4. The molecule has 0 heterocycles. The van der Waals surface area contributed by atoms with E-state index in [1.165, 1.54) is 30.6 Å². The van der Waals surface area contributed by atoms with E-state index in [0.717, 1.165) is 22.6 Å². The molecular weight excluding hydrogens is 386 g/mol. The van der Waals surface area contributed by atoms with Crippen molar-refractivity contribution in [3.8, 4) is 5.75 Å². The van der Waals surface area contributed by atoms with Crippen LogP contribution in [0.2, 0.25) is 0 Å². The van der Waals surface area contributed by atoms with Crippen molar-refractivity contribution in [1.82, 2.24) is 0 Å². The zero-order chi connectivity index (χ0) is 19.9. The molecule has 1 amide bonds. The lowest BCUT2D eigenvalue weighted by Crippen LogP contribution is -2.27. The van der Waals surface area contributed by atoms with E-state index < -0.39 is 0 Å². The third kappa shape index (κ3) is 5.71. The lowest BCUT2D eigenvalue weighted by molar-refractivity contribution is -0.113. The molecule has 0 radical (unpaired) electrons. The quantitative estimate of drug-likeness (QED) is 0.594. The number of nitrogens with one attached hydrogen (secondary N) is 1. The molecule has 1 aliphatic carbocycles. The van der Waals surface area contributed by atoms with Crippen LogP contribution in [0.25, 0.3) is 0 Å². The second kappa shape index (κ2) is 10.3. The topological polar surface area (TPSA) is 38.3 Å². The maximum absolute atomic E-state index is 12.5. The van der Waals surface area contributed by atoms with Crippen molar-refractivity contribution in [1.29, 1.82) is 0 Å². The molecule has 2 aromatic carbocycles. The minimum atomic E-state index is 0.0983. The Labute approximate surface area is 177 Å². The van der Waals surface area contributed by atoms with E-state index in [4.69, 9.17) is 4.74 Å². The number of benzene rings is 2. The number of carbonyl (C=O) groups excluding carboxylic acids is 1. The summed E-state index contributed by atoms with van der Waals surface area (Å²) in [5.41, 5.74) is 3.19. The maximum atomic E-state index is 12.5. The SMILES string of the molecule is COc1ccc(SC2CCCCC2SCC(=O)Nc2c(C)cccc2C)cc1. The molecule has 0 bridgehead atoms. The Hall–Kier alpha value is -1.59. The van der Waals surface area contributed by atoms with E-state index in [1.54, 1.807) is 7.11 Å². The zero-order valence-corrected chi connectivity index (χ0v) is 18.5. The Morgan fingerprint density at radius 3 is 2.32 bits per heavy atom. The molecule has 1 N–H and O–H groups in total. The Kier molecular flexibility index (Phi) is 7.74. The summed E-state index contributed by atoms with van der Waals surface area (Å²) in [5.74, 6) is 1.50. The van der Waals surface area contributed by atoms with Crippen LogP contribution in [0.3, 0.4) is 0 Å². The van der Waals surface area contributed by atoms with Gasteiger partial charge in [0.15, 0.2) is 0 Å². The first-order chi connectivity index (χ1) is 13.6. The van der Waals surface area contributed by atoms with Gasteiger partial charge in [-0.15, -0.1) is 23.5 Å². The lowest BCUT2D eigenvalue weighted by Gasteiger charge is -2.30. The number of aryl methyl sites for hydroxylation is 2. The van der Waals surface area contributed by atoms with Gasteiger partial charge in [-0.25, -0.2) is 0 Å². The summed E-state index contributed by atoms with van der Waals surface area (Å²) < 4.78 is 5.25. The summed E-state index contributed by atoms with van der Waals surface area (Å²) in [6.45, 7) is 4.08. The van der Waals surface area contributed by atoms with E-state index in [1.807, 2.05) is 67.7 Å². The summed E-state index contributed by atoms with van der Waals surface area (Å²) in [6, 6.07) is 14.4. The molecule has 150 valence electrons. The minimum Gasteiger partial charge on any atom is -0.497 e. The fourth-order valence-electron chi connectivity index (χ4n) is 3.59. The molecule has 0 spiro atoms. The number of thioether (sulfide) groups is 2. The first kappa shape index (κ1) is 21.1. The standard InChI is InChI=1S/C23H29NO2S2/c1-16-7-6-8-17(2)23(16)24-22(25)15-27-20-9-4-5-10-21(20)28-19-13-11-18(26-3)12-14-19/h6-8,11-14,20-21H,4-5,9-10,15H2,1-3H3,(H,24,25). The van der Waals surface area contributed by atoms with E-state index in [0.29, 0.717) is 16.3 Å². The number of amides is 1. The predicted molar refractivity (Wildman–Crippen MR) is 122 cm³/mol. The summed E-state index contributed by atoms with van der Waals surface area (Å²) in [5, 5.41) is 4.19. The van der Waals surface area contributed by atoms with Crippen LogP contribution >= 0.6 is 23.5 Å². The van der Waals surface area contributed by atoms with Crippen molar-refractivity contribution in [3.05, 3.63) is 53.6 Å². The molecule has 1 saturated carbocycles. The molecule has 2 aromatic rings. The van der Waals surface area contributed by atoms with E-state index in [9.17, 15) is 4.79 Å². The largest absolute Gasteiger partial charge is 0.497 e. The van der Waals surface area contributed by atoms with Crippen LogP contribution in [0.15, 0.2) is 47.4 Å². The molecule has 1 aliphatic rings. The summed E-state index contributed by atoms with van der Waals surface area (Å²) >= 11 is 3.76. The van der Waals surface area contributed by atoms with Crippen molar-refractivity contribution in [2.75, 3.05) is 18.2 Å². The highest BCUT2D eigenvalue weighted by molar-refractivity contribution is 8.04. The summed E-state index contributed by atoms with van der Waals surface area (Å²) in [7, 11) is 1.69. The average molecular weight is 416 g/mol. The monoisotopic (exact) mass is 415 g/mol. The van der Waals surface area contributed by atoms with Crippen molar-refractivity contribution in [2.24, 2.45) is 0 Å². The van der Waals surface area contributed by atoms with Crippen LogP contribution in [0.4, 0.5) is 5.69 Å². The highest BCUT2D eigenvalue weighted by Gasteiger charge is 2.27. The number of rotatable bonds is 7. The van der Waals surface area contributed by atoms with Gasteiger partial charge >= 0.3 is 0 Å². The fraction of sp³-hybridized carbons (Fsp3) is 0.435. The first-order valence-electron chi connectivity index (χ1n) is 9.85. The molecule has 0 aliphatic heterocycles. The molecule has 28 heavy (non-hydrogen) atoms. The minimum absolute atomic E-state index is 0.0983. The van der Waals surface area contributed by atoms with Crippen LogP contribution in [-0.4, -0.2) is 29.3 Å². The van der Waals surface area contributed by atoms with Gasteiger partial charge in [-0.3, -0.25) is 4.79 Å². The van der Waals surface area contributed by atoms with E-state index in [-0.39, 0.29) is 5.91 Å². The van der Waals surface area contributed by atoms with Gasteiger partial charge in [0.1, 0.15) is 5.75 Å². The van der Waals surface area contributed by atoms with Crippen LogP contribution in [0, 0.1) is 13.8 Å². The number of carbonyl (C=O) groups is 1. The summed E-state index contributed by atoms with van der Waals surface area (Å²) in [4.78, 5) is 13.8. The van der Waals surface area contributed by atoms with Crippen LogP contribution in [0.1, 0.15) is 36.8 Å². The molecule has 3 rings (SSSR count). The first-order valence-corrected chi connectivity index (χ1v) is 11.8. The number of hydrogen-bond donors (Lipinski definition) is 1. The highest BCUT2D eigenvalue weighted by atomic mass is 32.2. The average Bonchev–Trinajstić information content (AvgIpc) is 2.71. The molecule has 0 saturated heterocycles. The number of methoxy groups -OCH3 is 1. The smallest absolute Gasteiger partial charge is 0.234 e. The number of anilines is 1. The number of para-hydroxylation sites is 1. The third-order valence-electron chi connectivity index (χ3n) is 5.16. The Balaban J connectivity index is 1.55. The van der Waals surface area contributed by atoms with E-state index >= 15 is 0 Å². The van der Waals surface area contributed by atoms with Gasteiger partial charge < -0.3 is 10.1 Å². The van der Waals surface area contributed by atoms with Crippen molar-refractivity contribution < 1.29 is 9.53 Å². The van der Waals surface area contributed by atoms with E-state index in [2.05, 4.69) is 17.4 Å². The third-order valence-corrected chi connectivity index (χ3v) is 8.17. The van der Waals surface area contributed by atoms with Crippen LogP contribution in [0.5, 0.6) is 5.75 Å². The molecule has 2 atom stereocenters. The molecule has 1 fully saturated rings. The van der Waals surface area contributed by atoms with Crippen molar-refractivity contribution in [3.63, 3.8) is 0 Å². The lowest BCUT2D eigenvalue weighted by atomic mass is 10.00. The Bertz CT molecular complexity index is 771. The molecule has 3 nitrogen and oxygen atoms in total. The second-order valence-corrected chi connectivity index (χ2v) is 9.82. The van der Waals surface area contributed by atoms with Crippen LogP contribution < -0.4 is 10.1 Å². The molecule has 0 aromatic heterocycles. The van der Waals surface area contributed by atoms with Gasteiger partial charge in [0.05, 0.1) is 12.9 Å². The molecular formula is C23H29NO2S2.